The van der Waals surface area contributed by atoms with E-state index in [2.05, 4.69) is 20.7 Å². The van der Waals surface area contributed by atoms with Crippen LogP contribution in [0.2, 0.25) is 0 Å². The van der Waals surface area contributed by atoms with E-state index in [-0.39, 0.29) is 29.6 Å². The maximum absolute atomic E-state index is 12.9. The number of hydrogen-bond acceptors (Lipinski definition) is 5. The third-order valence-electron chi connectivity index (χ3n) is 5.02. The lowest BCUT2D eigenvalue weighted by Crippen LogP contribution is -2.51. The monoisotopic (exact) mass is 367 g/mol. The number of fused-ring (bicyclic) bond motifs is 1. The predicted octanol–water partition coefficient (Wildman–Crippen LogP) is 2.28. The van der Waals surface area contributed by atoms with Gasteiger partial charge in [-0.1, -0.05) is 5.16 Å². The van der Waals surface area contributed by atoms with E-state index in [1.807, 2.05) is 30.0 Å². The first-order valence-electron chi connectivity index (χ1n) is 8.99. The second-order valence-electron chi connectivity index (χ2n) is 7.04. The minimum absolute atomic E-state index is 0.00232. The van der Waals surface area contributed by atoms with E-state index in [9.17, 15) is 9.59 Å². The topological polar surface area (TPSA) is 104 Å². The third kappa shape index (κ3) is 3.42. The van der Waals surface area contributed by atoms with Crippen LogP contribution in [0.4, 0.5) is 0 Å². The van der Waals surface area contributed by atoms with Gasteiger partial charge in [0, 0.05) is 35.6 Å². The minimum Gasteiger partial charge on any atom is -0.361 e. The van der Waals surface area contributed by atoms with Crippen LogP contribution in [0.15, 0.2) is 35.0 Å². The summed E-state index contributed by atoms with van der Waals surface area (Å²) in [4.78, 5) is 27.0. The van der Waals surface area contributed by atoms with Gasteiger partial charge in [0.1, 0.15) is 5.76 Å². The van der Waals surface area contributed by atoms with Crippen LogP contribution in [0.3, 0.4) is 0 Å². The highest BCUT2D eigenvalue weighted by Crippen LogP contribution is 2.22. The number of carbonyl (C=O) groups is 2. The van der Waals surface area contributed by atoms with Gasteiger partial charge in [0.05, 0.1) is 11.7 Å². The summed E-state index contributed by atoms with van der Waals surface area (Å²) in [5.41, 5.74) is 1.84. The van der Waals surface area contributed by atoms with E-state index < -0.39 is 0 Å². The highest BCUT2D eigenvalue weighted by Gasteiger charge is 2.30. The summed E-state index contributed by atoms with van der Waals surface area (Å²) in [6.45, 7) is 4.34. The molecule has 2 N–H and O–H groups in total. The van der Waals surface area contributed by atoms with E-state index >= 15 is 0 Å². The Morgan fingerprint density at radius 1 is 1.33 bits per heavy atom. The molecule has 27 heavy (non-hydrogen) atoms. The Hall–Kier alpha value is -3.16. The van der Waals surface area contributed by atoms with Crippen LogP contribution in [0, 0.1) is 6.92 Å². The highest BCUT2D eigenvalue weighted by molar-refractivity contribution is 5.98. The standard InChI is InChI=1S/C19H21N5O3/c1-11-7-15(21-18(25)17-8-12(2)27-23-17)5-6-24(11)19(26)13-3-4-16-14(9-13)10-20-22-16/h3-4,8-11,15H,5-7H2,1-2H3,(H,20,22)(H,21,25). The predicted molar refractivity (Wildman–Crippen MR) is 98.3 cm³/mol. The lowest BCUT2D eigenvalue weighted by Gasteiger charge is -2.38. The van der Waals surface area contributed by atoms with Crippen molar-refractivity contribution in [2.45, 2.75) is 38.8 Å². The van der Waals surface area contributed by atoms with Gasteiger partial charge in [-0.25, -0.2) is 0 Å². The van der Waals surface area contributed by atoms with Crippen molar-refractivity contribution in [3.8, 4) is 0 Å². The normalized spacial score (nSPS) is 20.0. The van der Waals surface area contributed by atoms with Crippen molar-refractivity contribution < 1.29 is 14.1 Å². The largest absolute Gasteiger partial charge is 0.361 e. The Morgan fingerprint density at radius 2 is 2.19 bits per heavy atom. The van der Waals surface area contributed by atoms with Crippen LogP contribution in [-0.2, 0) is 0 Å². The molecule has 0 aliphatic carbocycles. The maximum Gasteiger partial charge on any atom is 0.273 e. The van der Waals surface area contributed by atoms with Crippen molar-refractivity contribution >= 4 is 22.7 Å². The van der Waals surface area contributed by atoms with Gasteiger partial charge in [-0.2, -0.15) is 5.10 Å². The number of hydrogen-bond donors (Lipinski definition) is 2. The van der Waals surface area contributed by atoms with Gasteiger partial charge in [0.25, 0.3) is 11.8 Å². The Bertz CT molecular complexity index is 992. The van der Waals surface area contributed by atoms with Crippen LogP contribution < -0.4 is 5.32 Å². The molecule has 0 radical (unpaired) electrons. The molecular formula is C19H21N5O3. The van der Waals surface area contributed by atoms with E-state index in [0.717, 1.165) is 10.9 Å². The zero-order valence-electron chi connectivity index (χ0n) is 15.2. The summed E-state index contributed by atoms with van der Waals surface area (Å²) < 4.78 is 4.95. The maximum atomic E-state index is 12.9. The fraction of sp³-hybridized carbons (Fsp3) is 0.368. The van der Waals surface area contributed by atoms with Crippen LogP contribution in [-0.4, -0.2) is 50.7 Å². The van der Waals surface area contributed by atoms with Gasteiger partial charge >= 0.3 is 0 Å². The van der Waals surface area contributed by atoms with E-state index in [1.54, 1.807) is 19.2 Å². The molecular weight excluding hydrogens is 346 g/mol. The number of aromatic nitrogens is 3. The number of rotatable bonds is 3. The zero-order valence-corrected chi connectivity index (χ0v) is 15.2. The second-order valence-corrected chi connectivity index (χ2v) is 7.04. The molecule has 1 aliphatic heterocycles. The Labute approximate surface area is 155 Å². The molecule has 2 unspecified atom stereocenters. The quantitative estimate of drug-likeness (QED) is 0.739. The van der Waals surface area contributed by atoms with Crippen molar-refractivity contribution in [3.05, 3.63) is 47.5 Å². The molecule has 8 heteroatoms. The average Bonchev–Trinajstić information content (AvgIpc) is 3.29. The van der Waals surface area contributed by atoms with Crippen LogP contribution in [0.5, 0.6) is 0 Å². The number of piperidine rings is 1. The van der Waals surface area contributed by atoms with E-state index in [1.165, 1.54) is 0 Å². The summed E-state index contributed by atoms with van der Waals surface area (Å²) in [6.07, 6.45) is 3.11. The van der Waals surface area contributed by atoms with Gasteiger partial charge in [0.2, 0.25) is 0 Å². The molecule has 4 rings (SSSR count). The summed E-state index contributed by atoms with van der Waals surface area (Å²) >= 11 is 0. The molecule has 2 atom stereocenters. The molecule has 0 saturated carbocycles. The van der Waals surface area contributed by atoms with Gasteiger partial charge in [-0.3, -0.25) is 14.7 Å². The average molecular weight is 367 g/mol. The number of aromatic amines is 1. The van der Waals surface area contributed by atoms with E-state index in [4.69, 9.17) is 4.52 Å². The summed E-state index contributed by atoms with van der Waals surface area (Å²) in [6, 6.07) is 7.18. The van der Waals surface area contributed by atoms with Crippen molar-refractivity contribution in [2.24, 2.45) is 0 Å². The summed E-state index contributed by atoms with van der Waals surface area (Å²) in [5.74, 6) is 0.361. The Morgan fingerprint density at radius 3 is 2.93 bits per heavy atom. The van der Waals surface area contributed by atoms with Gasteiger partial charge in [-0.15, -0.1) is 0 Å². The van der Waals surface area contributed by atoms with Gasteiger partial charge in [-0.05, 0) is 44.9 Å². The fourth-order valence-electron chi connectivity index (χ4n) is 3.58. The molecule has 140 valence electrons. The zero-order chi connectivity index (χ0) is 19.0. The number of amides is 2. The lowest BCUT2D eigenvalue weighted by molar-refractivity contribution is 0.0595. The number of H-pyrrole nitrogens is 1. The number of aryl methyl sites for hydroxylation is 1. The molecule has 1 aromatic carbocycles. The first kappa shape index (κ1) is 17.3. The fourth-order valence-corrected chi connectivity index (χ4v) is 3.58. The molecule has 1 aliphatic rings. The first-order chi connectivity index (χ1) is 13.0. The molecule has 2 aromatic heterocycles. The molecule has 8 nitrogen and oxygen atoms in total. The van der Waals surface area contributed by atoms with Crippen LogP contribution >= 0.6 is 0 Å². The van der Waals surface area contributed by atoms with Crippen LogP contribution in [0.25, 0.3) is 10.9 Å². The van der Waals surface area contributed by atoms with Gasteiger partial charge < -0.3 is 14.7 Å². The summed E-state index contributed by atoms with van der Waals surface area (Å²) in [5, 5.41) is 14.5. The number of likely N-dealkylation sites (tertiary alicyclic amines) is 1. The van der Waals surface area contributed by atoms with Crippen molar-refractivity contribution in [1.29, 1.82) is 0 Å². The van der Waals surface area contributed by atoms with Crippen LogP contribution in [0.1, 0.15) is 46.4 Å². The third-order valence-corrected chi connectivity index (χ3v) is 5.02. The lowest BCUT2D eigenvalue weighted by atomic mass is 9.97. The second kappa shape index (κ2) is 6.86. The smallest absolute Gasteiger partial charge is 0.273 e. The number of nitrogens with one attached hydrogen (secondary N) is 2. The first-order valence-corrected chi connectivity index (χ1v) is 8.99. The van der Waals surface area contributed by atoms with Crippen molar-refractivity contribution in [3.63, 3.8) is 0 Å². The number of benzene rings is 1. The number of carbonyl (C=O) groups excluding carboxylic acids is 2. The van der Waals surface area contributed by atoms with Crippen molar-refractivity contribution in [2.75, 3.05) is 6.54 Å². The molecule has 1 saturated heterocycles. The molecule has 3 heterocycles. The SMILES string of the molecule is Cc1cc(C(=O)NC2CCN(C(=O)c3ccc4[nH]ncc4c3)C(C)C2)no1. The Balaban J connectivity index is 1.40. The molecule has 0 spiro atoms. The molecule has 1 fully saturated rings. The molecule has 2 amide bonds. The highest BCUT2D eigenvalue weighted by atomic mass is 16.5. The van der Waals surface area contributed by atoms with E-state index in [0.29, 0.717) is 30.7 Å². The minimum atomic E-state index is -0.241. The number of nitrogens with zero attached hydrogens (tertiary/aromatic N) is 3. The molecule has 0 bridgehead atoms. The molecule has 3 aromatic rings. The summed E-state index contributed by atoms with van der Waals surface area (Å²) in [7, 11) is 0. The van der Waals surface area contributed by atoms with Crippen molar-refractivity contribution in [1.82, 2.24) is 25.6 Å². The van der Waals surface area contributed by atoms with Gasteiger partial charge in [0.15, 0.2) is 5.69 Å². The Kier molecular flexibility index (Phi) is 4.39.